The highest BCUT2D eigenvalue weighted by molar-refractivity contribution is 7.80. The molecule has 1 fully saturated rings. The molecular formula is C15H23ClN3S+. The average Bonchev–Trinajstić information content (AvgIpc) is 2.47. The number of thiocarbonyl (C=S) groups is 1. The number of hydrogen-bond acceptors (Lipinski definition) is 1. The second-order valence-corrected chi connectivity index (χ2v) is 6.15. The summed E-state index contributed by atoms with van der Waals surface area (Å²) in [7, 11) is 0. The van der Waals surface area contributed by atoms with Gasteiger partial charge in [0.05, 0.1) is 19.6 Å². The summed E-state index contributed by atoms with van der Waals surface area (Å²) in [6.07, 6.45) is 5.35. The summed E-state index contributed by atoms with van der Waals surface area (Å²) in [5.41, 5.74) is 0.966. The molecule has 1 heterocycles. The van der Waals surface area contributed by atoms with Crippen LogP contribution in [0.4, 0.5) is 5.69 Å². The van der Waals surface area contributed by atoms with Gasteiger partial charge in [-0.05, 0) is 55.7 Å². The van der Waals surface area contributed by atoms with Gasteiger partial charge in [0.25, 0.3) is 0 Å². The quantitative estimate of drug-likeness (QED) is 0.574. The minimum absolute atomic E-state index is 0.681. The Morgan fingerprint density at radius 3 is 2.55 bits per heavy atom. The van der Waals surface area contributed by atoms with Crippen molar-refractivity contribution in [3.05, 3.63) is 29.3 Å². The fraction of sp³-hybridized carbons (Fsp3) is 0.533. The zero-order chi connectivity index (χ0) is 14.2. The Morgan fingerprint density at radius 2 is 1.85 bits per heavy atom. The van der Waals surface area contributed by atoms with Crippen molar-refractivity contribution in [2.75, 3.05) is 31.5 Å². The number of rotatable bonds is 5. The standard InChI is InChI=1S/C15H22ClN3S/c16-13-5-7-14(8-6-13)18-15(20)17-9-4-12-19-10-2-1-3-11-19/h5-8H,1-4,9-12H2,(H2,17,18,20)/p+1. The summed E-state index contributed by atoms with van der Waals surface area (Å²) in [4.78, 5) is 1.75. The number of hydrogen-bond donors (Lipinski definition) is 3. The maximum atomic E-state index is 5.85. The molecule has 0 saturated carbocycles. The maximum Gasteiger partial charge on any atom is 0.170 e. The molecule has 0 aliphatic carbocycles. The number of nitrogens with one attached hydrogen (secondary N) is 3. The Hall–Kier alpha value is -0.840. The predicted octanol–water partition coefficient (Wildman–Crippen LogP) is 2.09. The summed E-state index contributed by atoms with van der Waals surface area (Å²) in [5, 5.41) is 7.84. The van der Waals surface area contributed by atoms with Crippen LogP contribution in [0.3, 0.4) is 0 Å². The van der Waals surface area contributed by atoms with Crippen LogP contribution in [0.1, 0.15) is 25.7 Å². The van der Waals surface area contributed by atoms with Gasteiger partial charge >= 0.3 is 0 Å². The maximum absolute atomic E-state index is 5.85. The van der Waals surface area contributed by atoms with Crippen LogP contribution in [0.25, 0.3) is 0 Å². The van der Waals surface area contributed by atoms with Gasteiger partial charge in [-0.2, -0.15) is 0 Å². The summed E-state index contributed by atoms with van der Waals surface area (Å²) < 4.78 is 0. The van der Waals surface area contributed by atoms with Crippen molar-refractivity contribution >= 4 is 34.6 Å². The van der Waals surface area contributed by atoms with Gasteiger partial charge < -0.3 is 15.5 Å². The molecule has 2 rings (SSSR count). The summed E-state index contributed by atoms with van der Waals surface area (Å²) in [6.45, 7) is 4.86. The van der Waals surface area contributed by atoms with Crippen LogP contribution in [-0.4, -0.2) is 31.3 Å². The van der Waals surface area contributed by atoms with E-state index in [2.05, 4.69) is 10.6 Å². The minimum Gasteiger partial charge on any atom is -0.362 e. The molecule has 0 bridgehead atoms. The molecule has 110 valence electrons. The first-order valence-electron chi connectivity index (χ1n) is 7.38. The normalized spacial score (nSPS) is 15.8. The van der Waals surface area contributed by atoms with Crippen LogP contribution in [0.5, 0.6) is 0 Å². The first kappa shape index (κ1) is 15.5. The van der Waals surface area contributed by atoms with E-state index in [4.69, 9.17) is 23.8 Å². The monoisotopic (exact) mass is 312 g/mol. The van der Waals surface area contributed by atoms with Crippen molar-refractivity contribution < 1.29 is 4.90 Å². The molecule has 0 unspecified atom stereocenters. The lowest BCUT2D eigenvalue weighted by atomic mass is 10.1. The zero-order valence-electron chi connectivity index (χ0n) is 11.8. The largest absolute Gasteiger partial charge is 0.362 e. The highest BCUT2D eigenvalue weighted by Crippen LogP contribution is 2.12. The molecule has 0 amide bonds. The van der Waals surface area contributed by atoms with Gasteiger partial charge in [-0.15, -0.1) is 0 Å². The van der Waals surface area contributed by atoms with Crippen molar-refractivity contribution in [3.63, 3.8) is 0 Å². The average molecular weight is 313 g/mol. The van der Waals surface area contributed by atoms with Gasteiger partial charge in [0.2, 0.25) is 0 Å². The summed E-state index contributed by atoms with van der Waals surface area (Å²) in [6, 6.07) is 7.56. The van der Waals surface area contributed by atoms with Crippen LogP contribution >= 0.6 is 23.8 Å². The molecule has 3 nitrogen and oxygen atoms in total. The van der Waals surface area contributed by atoms with Crippen molar-refractivity contribution in [1.82, 2.24) is 5.32 Å². The second-order valence-electron chi connectivity index (χ2n) is 5.30. The first-order valence-corrected chi connectivity index (χ1v) is 8.16. The molecule has 1 saturated heterocycles. The van der Waals surface area contributed by atoms with E-state index in [0.29, 0.717) is 5.11 Å². The predicted molar refractivity (Wildman–Crippen MR) is 89.7 cm³/mol. The number of piperidine rings is 1. The van der Waals surface area contributed by atoms with E-state index in [1.54, 1.807) is 4.90 Å². The van der Waals surface area contributed by atoms with Gasteiger partial charge in [-0.1, -0.05) is 11.6 Å². The van der Waals surface area contributed by atoms with E-state index in [1.807, 2.05) is 24.3 Å². The number of likely N-dealkylation sites (tertiary alicyclic amines) is 1. The van der Waals surface area contributed by atoms with Gasteiger partial charge in [0.15, 0.2) is 5.11 Å². The highest BCUT2D eigenvalue weighted by atomic mass is 35.5. The molecule has 0 aromatic heterocycles. The topological polar surface area (TPSA) is 28.5 Å². The Balaban J connectivity index is 1.59. The van der Waals surface area contributed by atoms with Crippen molar-refractivity contribution in [3.8, 4) is 0 Å². The Labute approximate surface area is 131 Å². The number of quaternary nitrogens is 1. The van der Waals surface area contributed by atoms with Gasteiger partial charge in [-0.3, -0.25) is 0 Å². The van der Waals surface area contributed by atoms with Crippen LogP contribution in [-0.2, 0) is 0 Å². The second kappa shape index (κ2) is 8.45. The fourth-order valence-corrected chi connectivity index (χ4v) is 2.90. The minimum atomic E-state index is 0.681. The molecule has 3 N–H and O–H groups in total. The van der Waals surface area contributed by atoms with Crippen LogP contribution in [0.15, 0.2) is 24.3 Å². The van der Waals surface area contributed by atoms with Crippen molar-refractivity contribution in [2.45, 2.75) is 25.7 Å². The van der Waals surface area contributed by atoms with E-state index < -0.39 is 0 Å². The molecule has 0 spiro atoms. The van der Waals surface area contributed by atoms with E-state index in [-0.39, 0.29) is 0 Å². The van der Waals surface area contributed by atoms with Crippen LogP contribution in [0.2, 0.25) is 5.02 Å². The lowest BCUT2D eigenvalue weighted by molar-refractivity contribution is -0.904. The van der Waals surface area contributed by atoms with Crippen molar-refractivity contribution in [1.29, 1.82) is 0 Å². The third kappa shape index (κ3) is 5.65. The Kier molecular flexibility index (Phi) is 6.57. The van der Waals surface area contributed by atoms with Crippen molar-refractivity contribution in [2.24, 2.45) is 0 Å². The van der Waals surface area contributed by atoms with Gasteiger partial charge in [0.1, 0.15) is 0 Å². The lowest BCUT2D eigenvalue weighted by Gasteiger charge is -2.23. The molecule has 1 aromatic rings. The SMILES string of the molecule is S=C(NCCC[NH+]1CCCCC1)Nc1ccc(Cl)cc1. The van der Waals surface area contributed by atoms with E-state index in [0.717, 1.165) is 23.7 Å². The third-order valence-electron chi connectivity index (χ3n) is 3.66. The molecular weight excluding hydrogens is 290 g/mol. The molecule has 5 heteroatoms. The molecule has 1 aromatic carbocycles. The number of anilines is 1. The summed E-state index contributed by atoms with van der Waals surface area (Å²) in [5.74, 6) is 0. The first-order chi connectivity index (χ1) is 9.74. The molecule has 1 aliphatic heterocycles. The molecule has 0 radical (unpaired) electrons. The fourth-order valence-electron chi connectivity index (χ4n) is 2.55. The number of halogens is 1. The Morgan fingerprint density at radius 1 is 1.15 bits per heavy atom. The van der Waals surface area contributed by atoms with Crippen LogP contribution < -0.4 is 15.5 Å². The lowest BCUT2D eigenvalue weighted by Crippen LogP contribution is -3.12. The highest BCUT2D eigenvalue weighted by Gasteiger charge is 2.12. The number of benzene rings is 1. The van der Waals surface area contributed by atoms with E-state index in [9.17, 15) is 0 Å². The van der Waals surface area contributed by atoms with Gasteiger partial charge in [-0.25, -0.2) is 0 Å². The van der Waals surface area contributed by atoms with Crippen LogP contribution in [0, 0.1) is 0 Å². The molecule has 20 heavy (non-hydrogen) atoms. The van der Waals surface area contributed by atoms with E-state index >= 15 is 0 Å². The molecule has 0 atom stereocenters. The summed E-state index contributed by atoms with van der Waals surface area (Å²) >= 11 is 11.1. The smallest absolute Gasteiger partial charge is 0.170 e. The van der Waals surface area contributed by atoms with E-state index in [1.165, 1.54) is 38.9 Å². The third-order valence-corrected chi connectivity index (χ3v) is 4.15. The Bertz CT molecular complexity index is 416. The molecule has 1 aliphatic rings. The zero-order valence-corrected chi connectivity index (χ0v) is 13.3. The van der Waals surface area contributed by atoms with Gasteiger partial charge in [0, 0.05) is 23.7 Å².